The monoisotopic (exact) mass is 864 g/mol. The third-order valence-corrected chi connectivity index (χ3v) is 19.2. The fourth-order valence-corrected chi connectivity index (χ4v) is 15.8. The molecule has 0 fully saturated rings. The van der Waals surface area contributed by atoms with Crippen molar-refractivity contribution in [2.75, 3.05) is 0 Å². The molecule has 324 valence electrons. The third kappa shape index (κ3) is 6.81. The molecule has 0 spiro atoms. The number of ether oxygens (including phenoxy) is 2. The van der Waals surface area contributed by atoms with E-state index in [-0.39, 0.29) is 21.7 Å². The normalized spacial score (nSPS) is 14.8. The van der Waals surface area contributed by atoms with Crippen molar-refractivity contribution in [3.63, 3.8) is 0 Å². The van der Waals surface area contributed by atoms with Crippen molar-refractivity contribution in [2.45, 2.75) is 90.9 Å². The Morgan fingerprint density at radius 3 is 1.08 bits per heavy atom. The van der Waals surface area contributed by atoms with Gasteiger partial charge in [-0.05, 0) is 66.0 Å². The minimum atomic E-state index is -3.12. The Kier molecular flexibility index (Phi) is 10.0. The van der Waals surface area contributed by atoms with Crippen LogP contribution >= 0.6 is 0 Å². The Balaban J connectivity index is 1.28. The molecule has 8 aromatic carbocycles. The summed E-state index contributed by atoms with van der Waals surface area (Å²) in [6.07, 6.45) is 0. The molecular weight excluding hydrogens is 805 g/mol. The van der Waals surface area contributed by atoms with Crippen LogP contribution in [0.5, 0.6) is 23.0 Å². The van der Waals surface area contributed by atoms with Crippen LogP contribution in [0, 0.1) is 0 Å². The smallest absolute Gasteiger partial charge is 0.179 e. The molecule has 2 aliphatic rings. The summed E-state index contributed by atoms with van der Waals surface area (Å²) in [5, 5.41) is 5.31. The maximum Gasteiger partial charge on any atom is 0.179 e. The van der Waals surface area contributed by atoms with Crippen molar-refractivity contribution in [2.24, 2.45) is 0 Å². The van der Waals surface area contributed by atoms with E-state index in [1.807, 2.05) is 0 Å². The fourth-order valence-electron chi connectivity index (χ4n) is 11.0. The molecule has 2 heterocycles. The van der Waals surface area contributed by atoms with Crippen LogP contribution in [0.1, 0.15) is 103 Å². The SMILES string of the molecule is CC(C)(C)c1ccc([Si](c2ccccc2)(c2ccccc2)c2ccc(C(C)(C)C)c(-c3cccc4c3Oc3ccccc3C4(C)C)c2)cc1-c1cccc2c1Oc1ccccc1C2(C)C. The first kappa shape index (κ1) is 42.5. The molecule has 2 aliphatic heterocycles. The minimum absolute atomic E-state index is 0.150. The zero-order chi connectivity index (χ0) is 45.5. The van der Waals surface area contributed by atoms with Crippen molar-refractivity contribution in [1.82, 2.24) is 0 Å². The maximum absolute atomic E-state index is 7.04. The van der Waals surface area contributed by atoms with Gasteiger partial charge in [0.05, 0.1) is 0 Å². The van der Waals surface area contributed by atoms with E-state index < -0.39 is 8.07 Å². The summed E-state index contributed by atoms with van der Waals surface area (Å²) in [4.78, 5) is 0. The highest BCUT2D eigenvalue weighted by Gasteiger charge is 2.44. The fraction of sp³-hybridized carbons (Fsp3) is 0.226. The second-order valence-corrected chi connectivity index (χ2v) is 25.1. The standard InChI is InChI=1S/C62H60O2Si/c1-59(2,3)49-37-35-43(39-47(49)45-27-21-31-53-57(45)63-55-33-19-17-29-51(55)61(53,7)8)65(41-23-13-11-14-24-41,42-25-15-12-16-26-42)44-36-38-50(60(4,5)6)48(40-44)46-28-22-32-54-58(46)64-56-34-20-18-30-52(56)62(54,9)10/h11-40H,1-10H3. The quantitative estimate of drug-likeness (QED) is 0.122. The molecule has 0 amide bonds. The lowest BCUT2D eigenvalue weighted by Crippen LogP contribution is -2.74. The van der Waals surface area contributed by atoms with E-state index in [1.54, 1.807) is 0 Å². The van der Waals surface area contributed by atoms with E-state index in [1.165, 1.54) is 65.3 Å². The van der Waals surface area contributed by atoms with Crippen molar-refractivity contribution in [3.05, 3.63) is 215 Å². The Labute approximate surface area is 388 Å². The second-order valence-electron chi connectivity index (χ2n) is 21.3. The molecule has 0 aliphatic carbocycles. The highest BCUT2D eigenvalue weighted by atomic mass is 28.3. The van der Waals surface area contributed by atoms with E-state index in [0.717, 1.165) is 34.1 Å². The first-order valence-corrected chi connectivity index (χ1v) is 25.3. The third-order valence-electron chi connectivity index (χ3n) is 14.4. The summed E-state index contributed by atoms with van der Waals surface area (Å²) in [7, 11) is -3.12. The topological polar surface area (TPSA) is 18.5 Å². The zero-order valence-electron chi connectivity index (χ0n) is 39.6. The van der Waals surface area contributed by atoms with Crippen LogP contribution in [-0.2, 0) is 21.7 Å². The lowest BCUT2D eigenvalue weighted by molar-refractivity contribution is 0.419. The molecule has 0 radical (unpaired) electrons. The highest BCUT2D eigenvalue weighted by Crippen LogP contribution is 2.54. The van der Waals surface area contributed by atoms with Crippen LogP contribution in [0.4, 0.5) is 0 Å². The van der Waals surface area contributed by atoms with Crippen LogP contribution in [0.2, 0.25) is 0 Å². The molecular formula is C62H60O2Si. The van der Waals surface area contributed by atoms with Gasteiger partial charge in [-0.2, -0.15) is 0 Å². The first-order valence-electron chi connectivity index (χ1n) is 23.3. The van der Waals surface area contributed by atoms with Gasteiger partial charge in [0.1, 0.15) is 23.0 Å². The molecule has 0 saturated heterocycles. The molecule has 8 aromatic rings. The van der Waals surface area contributed by atoms with Gasteiger partial charge < -0.3 is 9.47 Å². The van der Waals surface area contributed by atoms with Gasteiger partial charge in [-0.25, -0.2) is 0 Å². The predicted molar refractivity (Wildman–Crippen MR) is 276 cm³/mol. The maximum atomic E-state index is 7.04. The number of benzene rings is 8. The highest BCUT2D eigenvalue weighted by molar-refractivity contribution is 7.20. The largest absolute Gasteiger partial charge is 0.456 e. The Morgan fingerprint density at radius 2 is 0.692 bits per heavy atom. The van der Waals surface area contributed by atoms with Gasteiger partial charge in [0.25, 0.3) is 0 Å². The Hall–Kier alpha value is -6.42. The number of hydrogen-bond donors (Lipinski definition) is 0. The number of rotatable bonds is 6. The van der Waals surface area contributed by atoms with Crippen molar-refractivity contribution < 1.29 is 9.47 Å². The van der Waals surface area contributed by atoms with Gasteiger partial charge in [-0.1, -0.05) is 239 Å². The molecule has 65 heavy (non-hydrogen) atoms. The first-order chi connectivity index (χ1) is 31.0. The van der Waals surface area contributed by atoms with Crippen molar-refractivity contribution in [1.29, 1.82) is 0 Å². The van der Waals surface area contributed by atoms with E-state index >= 15 is 0 Å². The van der Waals surface area contributed by atoms with Gasteiger partial charge >= 0.3 is 0 Å². The zero-order valence-corrected chi connectivity index (χ0v) is 40.6. The van der Waals surface area contributed by atoms with Crippen molar-refractivity contribution in [3.8, 4) is 45.3 Å². The summed E-state index contributed by atoms with van der Waals surface area (Å²) in [6.45, 7) is 23.3. The van der Waals surface area contributed by atoms with Crippen LogP contribution in [0.25, 0.3) is 22.3 Å². The van der Waals surface area contributed by atoms with Gasteiger partial charge in [0, 0.05) is 44.2 Å². The molecule has 0 saturated carbocycles. The van der Waals surface area contributed by atoms with E-state index in [9.17, 15) is 0 Å². The van der Waals surface area contributed by atoms with Gasteiger partial charge in [0.2, 0.25) is 0 Å². The molecule has 3 heteroatoms. The number of fused-ring (bicyclic) bond motifs is 4. The van der Waals surface area contributed by atoms with Crippen molar-refractivity contribution >= 4 is 28.8 Å². The van der Waals surface area contributed by atoms with Gasteiger partial charge in [-0.15, -0.1) is 0 Å². The van der Waals surface area contributed by atoms with E-state index in [4.69, 9.17) is 9.47 Å². The van der Waals surface area contributed by atoms with Crippen LogP contribution in [-0.4, -0.2) is 8.07 Å². The summed E-state index contributed by atoms with van der Waals surface area (Å²) in [5.74, 6) is 3.74. The Morgan fingerprint density at radius 1 is 0.338 bits per heavy atom. The average molecular weight is 865 g/mol. The summed E-state index contributed by atoms with van der Waals surface area (Å²) in [5.41, 5.74) is 11.3. The average Bonchev–Trinajstić information content (AvgIpc) is 3.29. The van der Waals surface area contributed by atoms with Gasteiger partial charge in [0.15, 0.2) is 8.07 Å². The Bertz CT molecular complexity index is 2890. The van der Waals surface area contributed by atoms with Crippen LogP contribution in [0.15, 0.2) is 182 Å². The van der Waals surface area contributed by atoms with E-state index in [0.29, 0.717) is 0 Å². The predicted octanol–water partition coefficient (Wildman–Crippen LogP) is 13.9. The van der Waals surface area contributed by atoms with E-state index in [2.05, 4.69) is 251 Å². The van der Waals surface area contributed by atoms with Gasteiger partial charge in [-0.3, -0.25) is 0 Å². The molecule has 0 unspecified atom stereocenters. The van der Waals surface area contributed by atoms with Crippen LogP contribution in [0.3, 0.4) is 0 Å². The molecule has 0 atom stereocenters. The number of para-hydroxylation sites is 4. The molecule has 10 rings (SSSR count). The molecule has 0 aromatic heterocycles. The molecule has 0 N–H and O–H groups in total. The lowest BCUT2D eigenvalue weighted by atomic mass is 9.74. The minimum Gasteiger partial charge on any atom is -0.456 e. The second kappa shape index (κ2) is 15.3. The summed E-state index contributed by atoms with van der Waals surface area (Å²) in [6, 6.07) is 68.1. The van der Waals surface area contributed by atoms with Crippen LogP contribution < -0.4 is 30.2 Å². The summed E-state index contributed by atoms with van der Waals surface area (Å²) < 4.78 is 14.1. The number of hydrogen-bond acceptors (Lipinski definition) is 2. The summed E-state index contributed by atoms with van der Waals surface area (Å²) >= 11 is 0. The molecule has 0 bridgehead atoms. The molecule has 2 nitrogen and oxygen atoms in total. The lowest BCUT2D eigenvalue weighted by Gasteiger charge is -2.38.